The van der Waals surface area contributed by atoms with Gasteiger partial charge in [0.25, 0.3) is 0 Å². The number of benzene rings is 5. The molecule has 1 nitrogen and oxygen atoms in total. The van der Waals surface area contributed by atoms with Crippen LogP contribution in [0.1, 0.15) is 79.0 Å². The Morgan fingerprint density at radius 1 is 0.511 bits per heavy atom. The molecule has 0 radical (unpaired) electrons. The highest BCUT2D eigenvalue weighted by Crippen LogP contribution is 2.76. The molecule has 2 aliphatic rings. The zero-order chi connectivity index (χ0) is 32.3. The van der Waals surface area contributed by atoms with Gasteiger partial charge in [-0.1, -0.05) is 137 Å². The molecule has 0 amide bonds. The molecular formula is C42H43Br2N. The van der Waals surface area contributed by atoms with E-state index in [4.69, 9.17) is 0 Å². The van der Waals surface area contributed by atoms with Gasteiger partial charge in [-0.2, -0.15) is 0 Å². The SMILES string of the molecule is CC1(C)c2cc(-c3ccc(N(c4ccc(Br)cc4)c4ccc(Br)cc4)c4ccccc34)cc3c2C(C)(C1(C)C)C(C)(C)C3(C)C. The van der Waals surface area contributed by atoms with Crippen LogP contribution in [0.2, 0.25) is 0 Å². The predicted molar refractivity (Wildman–Crippen MR) is 200 cm³/mol. The molecule has 0 atom stereocenters. The first kappa shape index (κ1) is 30.8. The van der Waals surface area contributed by atoms with Crippen LogP contribution in [-0.2, 0) is 16.2 Å². The van der Waals surface area contributed by atoms with Crippen LogP contribution in [-0.4, -0.2) is 0 Å². The van der Waals surface area contributed by atoms with Gasteiger partial charge in [-0.3, -0.25) is 0 Å². The van der Waals surface area contributed by atoms with E-state index in [1.807, 2.05) is 0 Å². The minimum absolute atomic E-state index is 0.0331. The van der Waals surface area contributed by atoms with Crippen LogP contribution in [0, 0.1) is 10.8 Å². The number of hydrogen-bond donors (Lipinski definition) is 0. The van der Waals surface area contributed by atoms with Crippen molar-refractivity contribution in [2.24, 2.45) is 10.8 Å². The van der Waals surface area contributed by atoms with Gasteiger partial charge in [-0.05, 0) is 109 Å². The number of anilines is 3. The van der Waals surface area contributed by atoms with Crippen LogP contribution in [0.5, 0.6) is 0 Å². The highest BCUT2D eigenvalue weighted by atomic mass is 79.9. The van der Waals surface area contributed by atoms with E-state index >= 15 is 0 Å². The summed E-state index contributed by atoms with van der Waals surface area (Å²) in [5.41, 5.74) is 11.0. The summed E-state index contributed by atoms with van der Waals surface area (Å²) >= 11 is 7.27. The van der Waals surface area contributed by atoms with Crippen LogP contribution in [0.4, 0.5) is 17.1 Å². The van der Waals surface area contributed by atoms with Crippen molar-refractivity contribution in [2.45, 2.75) is 78.6 Å². The van der Waals surface area contributed by atoms with Crippen molar-refractivity contribution in [3.05, 3.63) is 123 Å². The van der Waals surface area contributed by atoms with Crippen molar-refractivity contribution in [3.63, 3.8) is 0 Å². The van der Waals surface area contributed by atoms with E-state index in [0.717, 1.165) is 20.3 Å². The zero-order valence-electron chi connectivity index (χ0n) is 27.9. The molecule has 0 unspecified atom stereocenters. The zero-order valence-corrected chi connectivity index (χ0v) is 31.1. The molecule has 0 saturated carbocycles. The average Bonchev–Trinajstić information content (AvgIpc) is 3.21. The molecule has 5 aromatic carbocycles. The van der Waals surface area contributed by atoms with Crippen LogP contribution < -0.4 is 4.90 Å². The second-order valence-electron chi connectivity index (χ2n) is 15.5. The summed E-state index contributed by atoms with van der Waals surface area (Å²) < 4.78 is 2.14. The molecule has 0 aromatic heterocycles. The summed E-state index contributed by atoms with van der Waals surface area (Å²) in [7, 11) is 0. The van der Waals surface area contributed by atoms with E-state index in [-0.39, 0.29) is 27.1 Å². The number of halogens is 2. The summed E-state index contributed by atoms with van der Waals surface area (Å²) in [5, 5.41) is 2.51. The van der Waals surface area contributed by atoms with Crippen molar-refractivity contribution in [1.29, 1.82) is 0 Å². The van der Waals surface area contributed by atoms with Crippen molar-refractivity contribution in [3.8, 4) is 11.1 Å². The van der Waals surface area contributed by atoms with Gasteiger partial charge in [0.05, 0.1) is 5.69 Å². The Morgan fingerprint density at radius 2 is 0.956 bits per heavy atom. The lowest BCUT2D eigenvalue weighted by Crippen LogP contribution is -2.54. The van der Waals surface area contributed by atoms with E-state index in [1.165, 1.54) is 38.7 Å². The van der Waals surface area contributed by atoms with Crippen molar-refractivity contribution in [1.82, 2.24) is 0 Å². The fourth-order valence-corrected chi connectivity index (χ4v) is 9.52. The summed E-state index contributed by atoms with van der Waals surface area (Å²) in [4.78, 5) is 2.37. The van der Waals surface area contributed by atoms with Gasteiger partial charge in [0.15, 0.2) is 0 Å². The summed E-state index contributed by atoms with van der Waals surface area (Å²) in [6.45, 7) is 22.5. The number of fused-ring (bicyclic) bond motifs is 1. The van der Waals surface area contributed by atoms with Gasteiger partial charge in [0.2, 0.25) is 0 Å². The van der Waals surface area contributed by atoms with E-state index in [1.54, 1.807) is 5.56 Å². The first-order valence-corrected chi connectivity index (χ1v) is 17.7. The Labute approximate surface area is 286 Å². The molecular weight excluding hydrogens is 678 g/mol. The molecule has 230 valence electrons. The monoisotopic (exact) mass is 719 g/mol. The van der Waals surface area contributed by atoms with Gasteiger partial charge in [-0.15, -0.1) is 0 Å². The maximum Gasteiger partial charge on any atom is 0.0540 e. The molecule has 0 fully saturated rings. The quantitative estimate of drug-likeness (QED) is 0.179. The minimum Gasteiger partial charge on any atom is -0.310 e. The van der Waals surface area contributed by atoms with Crippen molar-refractivity contribution < 1.29 is 0 Å². The summed E-state index contributed by atoms with van der Waals surface area (Å²) in [6.07, 6.45) is 0. The molecule has 0 spiro atoms. The maximum atomic E-state index is 3.64. The largest absolute Gasteiger partial charge is 0.310 e. The van der Waals surface area contributed by atoms with E-state index in [9.17, 15) is 0 Å². The average molecular weight is 722 g/mol. The molecule has 0 saturated heterocycles. The Kier molecular flexibility index (Phi) is 6.71. The molecule has 0 heterocycles. The van der Waals surface area contributed by atoms with Crippen LogP contribution in [0.3, 0.4) is 0 Å². The van der Waals surface area contributed by atoms with E-state index in [2.05, 4.69) is 196 Å². The Bertz CT molecular complexity index is 1880. The summed E-state index contributed by atoms with van der Waals surface area (Å²) in [5.74, 6) is 0. The molecule has 5 aromatic rings. The lowest BCUT2D eigenvalue weighted by Gasteiger charge is -2.56. The third kappa shape index (κ3) is 3.89. The number of nitrogens with zero attached hydrogens (tertiary/aromatic N) is 1. The standard InChI is InChI=1S/C42H43Br2N/c1-38(2)34-24-26(25-35-37(34)42(9,40(38,5)6)41(7,8)39(35,3)4)31-22-23-36(33-13-11-10-12-32(31)33)45(29-18-14-27(43)15-19-29)30-20-16-28(44)17-21-30/h10-25H,1-9H3. The molecule has 3 heteroatoms. The molecule has 0 N–H and O–H groups in total. The second kappa shape index (κ2) is 9.81. The first-order valence-electron chi connectivity index (χ1n) is 16.1. The third-order valence-corrected chi connectivity index (χ3v) is 14.3. The Hall–Kier alpha value is -2.88. The topological polar surface area (TPSA) is 3.24 Å². The van der Waals surface area contributed by atoms with Gasteiger partial charge < -0.3 is 4.90 Å². The highest BCUT2D eigenvalue weighted by molar-refractivity contribution is 9.10. The van der Waals surface area contributed by atoms with Crippen LogP contribution >= 0.6 is 31.9 Å². The fourth-order valence-electron chi connectivity index (χ4n) is 8.99. The van der Waals surface area contributed by atoms with Crippen molar-refractivity contribution in [2.75, 3.05) is 4.90 Å². The fraction of sp³-hybridized carbons (Fsp3) is 0.333. The van der Waals surface area contributed by atoms with Crippen LogP contribution in [0.15, 0.2) is 106 Å². The van der Waals surface area contributed by atoms with E-state index < -0.39 is 0 Å². The normalized spacial score (nSPS) is 19.4. The molecule has 0 bridgehead atoms. The summed E-state index contributed by atoms with van der Waals surface area (Å²) in [6, 6.07) is 35.9. The lowest BCUT2D eigenvalue weighted by atomic mass is 9.47. The molecule has 0 aliphatic heterocycles. The maximum absolute atomic E-state index is 3.64. The molecule has 7 rings (SSSR count). The predicted octanol–water partition coefficient (Wildman–Crippen LogP) is 13.4. The van der Waals surface area contributed by atoms with Gasteiger partial charge in [0.1, 0.15) is 0 Å². The van der Waals surface area contributed by atoms with Gasteiger partial charge in [0, 0.05) is 31.1 Å². The highest BCUT2D eigenvalue weighted by Gasteiger charge is 2.72. The van der Waals surface area contributed by atoms with Gasteiger partial charge in [-0.25, -0.2) is 0 Å². The molecule has 45 heavy (non-hydrogen) atoms. The second-order valence-corrected chi connectivity index (χ2v) is 17.4. The third-order valence-electron chi connectivity index (χ3n) is 13.2. The van der Waals surface area contributed by atoms with Crippen molar-refractivity contribution >= 4 is 59.7 Å². The van der Waals surface area contributed by atoms with E-state index in [0.29, 0.717) is 0 Å². The van der Waals surface area contributed by atoms with Gasteiger partial charge >= 0.3 is 0 Å². The minimum atomic E-state index is 0.0331. The smallest absolute Gasteiger partial charge is 0.0540 e. The van der Waals surface area contributed by atoms with Crippen LogP contribution in [0.25, 0.3) is 21.9 Å². The Morgan fingerprint density at radius 3 is 1.42 bits per heavy atom. The Balaban J connectivity index is 1.49. The molecule has 2 aliphatic carbocycles. The number of rotatable bonds is 4. The first-order chi connectivity index (χ1) is 21.1. The lowest BCUT2D eigenvalue weighted by molar-refractivity contribution is -0.0105. The number of hydrogen-bond acceptors (Lipinski definition) is 1.